The quantitative estimate of drug-likeness (QED) is 0.614. The summed E-state index contributed by atoms with van der Waals surface area (Å²) in [4.78, 5) is 0. The molecule has 0 aliphatic heterocycles. The van der Waals surface area contributed by atoms with Crippen molar-refractivity contribution in [2.24, 2.45) is 0 Å². The van der Waals surface area contributed by atoms with Gasteiger partial charge in [-0.05, 0) is 17.7 Å². The van der Waals surface area contributed by atoms with Crippen LogP contribution in [-0.4, -0.2) is 17.7 Å². The summed E-state index contributed by atoms with van der Waals surface area (Å²) in [6.07, 6.45) is 0. The lowest BCUT2D eigenvalue weighted by atomic mass is 10.5. The zero-order valence-electron chi connectivity index (χ0n) is 5.51. The highest BCUT2D eigenvalue weighted by Crippen LogP contribution is 2.46. The molecule has 0 fully saturated rings. The van der Waals surface area contributed by atoms with E-state index in [1.807, 2.05) is 12.1 Å². The van der Waals surface area contributed by atoms with E-state index in [1.165, 1.54) is 5.56 Å². The van der Waals surface area contributed by atoms with Gasteiger partial charge in [-0.1, -0.05) is 23.2 Å². The molecule has 0 spiro atoms. The molecule has 0 amide bonds. The maximum Gasteiger partial charge on any atom is 0.432 e. The van der Waals surface area contributed by atoms with E-state index in [0.29, 0.717) is 10.0 Å². The minimum absolute atomic E-state index is 0.680. The van der Waals surface area contributed by atoms with Crippen LogP contribution in [0, 0.1) is 0 Å². The summed E-state index contributed by atoms with van der Waals surface area (Å²) in [6, 6.07) is 3.88. The fourth-order valence-corrected chi connectivity index (χ4v) is 1.20. The van der Waals surface area contributed by atoms with Crippen molar-refractivity contribution in [3.63, 3.8) is 0 Å². The monoisotopic (exact) mass is 190 g/mol. The highest BCUT2D eigenvalue weighted by atomic mass is 35.5. The van der Waals surface area contributed by atoms with Gasteiger partial charge in [-0.25, -0.2) is 0 Å². The maximum atomic E-state index is 7.12. The summed E-state index contributed by atoms with van der Waals surface area (Å²) >= 11 is 11.3. The van der Waals surface area contributed by atoms with E-state index in [0.717, 1.165) is 5.56 Å². The molecule has 0 saturated carbocycles. The minimum Gasteiger partial charge on any atom is -0.430 e. The number of rotatable bonds is 0. The van der Waals surface area contributed by atoms with Gasteiger partial charge < -0.3 is 10.0 Å². The van der Waals surface area contributed by atoms with Gasteiger partial charge in [0.15, 0.2) is 0 Å². The van der Waals surface area contributed by atoms with Gasteiger partial charge >= 0.3 is 7.69 Å². The first-order valence-electron chi connectivity index (χ1n) is 2.92. The van der Waals surface area contributed by atoms with Crippen LogP contribution in [0.1, 0.15) is 0 Å². The third-order valence-electron chi connectivity index (χ3n) is 1.26. The predicted molar refractivity (Wildman–Crippen MR) is 47.0 cm³/mol. The molecule has 0 aromatic heterocycles. The van der Waals surface area contributed by atoms with Gasteiger partial charge in [-0.15, -0.1) is 0 Å². The van der Waals surface area contributed by atoms with Crippen LogP contribution in [0.4, 0.5) is 0 Å². The average molecular weight is 191 g/mol. The van der Waals surface area contributed by atoms with Crippen LogP contribution in [0.2, 0.25) is 10.0 Å². The van der Waals surface area contributed by atoms with E-state index in [-0.39, 0.29) is 0 Å². The molecule has 2 N–H and O–H groups in total. The minimum atomic E-state index is -0.750. The predicted octanol–water partition coefficient (Wildman–Crippen LogP) is 1.21. The van der Waals surface area contributed by atoms with E-state index < -0.39 is 7.69 Å². The van der Waals surface area contributed by atoms with Crippen molar-refractivity contribution in [3.05, 3.63) is 22.2 Å². The molecule has 0 aromatic carbocycles. The van der Waals surface area contributed by atoms with Crippen molar-refractivity contribution >= 4 is 30.9 Å². The first-order chi connectivity index (χ1) is 5.20. The third-order valence-corrected chi connectivity index (χ3v) is 2.06. The van der Waals surface area contributed by atoms with Gasteiger partial charge in [-0.2, -0.15) is 0 Å². The molecular formula is C6H5BCl2O2. The Kier molecular flexibility index (Phi) is 2.79. The second-order valence-corrected chi connectivity index (χ2v) is 2.75. The third kappa shape index (κ3) is 1.87. The van der Waals surface area contributed by atoms with Gasteiger partial charge in [-0.3, -0.25) is 0 Å². The Labute approximate surface area is 74.7 Å². The molecule has 0 bridgehead atoms. The molecule has 2 nitrogen and oxygen atoms in total. The highest BCUT2D eigenvalue weighted by molar-refractivity contribution is 6.45. The normalized spacial score (nSPS) is 9.82. The molecule has 58 valence electrons. The Morgan fingerprint density at radius 2 is 1.73 bits per heavy atom. The molecule has 0 radical (unpaired) electrons. The van der Waals surface area contributed by atoms with Crippen molar-refractivity contribution in [1.29, 1.82) is 0 Å². The molecule has 0 saturated heterocycles. The summed E-state index contributed by atoms with van der Waals surface area (Å²) in [5, 5.41) is 15.6. The molecule has 2 aliphatic rings. The summed E-state index contributed by atoms with van der Waals surface area (Å²) in [6.45, 7) is 0. The van der Waals surface area contributed by atoms with Crippen molar-refractivity contribution in [2.45, 2.75) is 0 Å². The topological polar surface area (TPSA) is 40.5 Å². The fraction of sp³-hybridized carbons (Fsp3) is 0. The Morgan fingerprint density at radius 1 is 1.18 bits per heavy atom. The first-order valence-corrected chi connectivity index (χ1v) is 3.67. The van der Waals surface area contributed by atoms with Crippen molar-refractivity contribution in [1.82, 2.24) is 0 Å². The molecule has 5 heteroatoms. The lowest BCUT2D eigenvalue weighted by Gasteiger charge is -1.77. The van der Waals surface area contributed by atoms with Crippen molar-refractivity contribution in [3.8, 4) is 11.1 Å². The van der Waals surface area contributed by atoms with E-state index in [4.69, 9.17) is 33.2 Å². The molecule has 0 unspecified atom stereocenters. The average Bonchev–Trinajstić information content (AvgIpc) is 2.62. The second-order valence-electron chi connectivity index (χ2n) is 1.96. The summed E-state index contributed by atoms with van der Waals surface area (Å²) < 4.78 is 0. The van der Waals surface area contributed by atoms with Crippen LogP contribution in [0.15, 0.2) is 12.1 Å². The Bertz CT molecular complexity index is 278. The summed E-state index contributed by atoms with van der Waals surface area (Å²) in [5.41, 5.74) is 2.32. The largest absolute Gasteiger partial charge is 0.432 e. The van der Waals surface area contributed by atoms with Crippen LogP contribution in [0.3, 0.4) is 0 Å². The van der Waals surface area contributed by atoms with Gasteiger partial charge in [0, 0.05) is 5.56 Å². The number of halogens is 2. The molecule has 11 heavy (non-hydrogen) atoms. The van der Waals surface area contributed by atoms with E-state index >= 15 is 0 Å². The van der Waals surface area contributed by atoms with E-state index in [1.54, 1.807) is 0 Å². The Balaban J connectivity index is 0.000000179. The van der Waals surface area contributed by atoms with Crippen LogP contribution in [-0.2, 0) is 0 Å². The Hall–Kier alpha value is -0.215. The maximum absolute atomic E-state index is 7.12. The first kappa shape index (κ1) is 8.88. The van der Waals surface area contributed by atoms with Crippen LogP contribution in [0.5, 0.6) is 0 Å². The van der Waals surface area contributed by atoms with Crippen molar-refractivity contribution < 1.29 is 10.0 Å². The van der Waals surface area contributed by atoms with Gasteiger partial charge in [0.25, 0.3) is 0 Å². The lowest BCUT2D eigenvalue weighted by molar-refractivity contribution is 0.448. The van der Waals surface area contributed by atoms with Crippen LogP contribution >= 0.6 is 23.2 Å². The number of hydrogen-bond acceptors (Lipinski definition) is 2. The van der Waals surface area contributed by atoms with Crippen LogP contribution < -0.4 is 0 Å². The lowest BCUT2D eigenvalue weighted by Crippen LogP contribution is -1.75. The summed E-state index contributed by atoms with van der Waals surface area (Å²) in [7, 11) is -0.750. The summed E-state index contributed by atoms with van der Waals surface area (Å²) in [5.74, 6) is 0. The van der Waals surface area contributed by atoms with E-state index in [2.05, 4.69) is 0 Å². The Morgan fingerprint density at radius 3 is 1.91 bits per heavy atom. The molecule has 2 aliphatic carbocycles. The number of fused-ring (bicyclic) bond motifs is 1. The van der Waals surface area contributed by atoms with Gasteiger partial charge in [0.2, 0.25) is 0 Å². The zero-order valence-corrected chi connectivity index (χ0v) is 7.02. The molecule has 0 atom stereocenters. The second kappa shape index (κ2) is 3.45. The highest BCUT2D eigenvalue weighted by Gasteiger charge is 2.19. The molecular weight excluding hydrogens is 186 g/mol. The number of benzene rings is 1. The molecule has 0 aromatic rings. The van der Waals surface area contributed by atoms with Gasteiger partial charge in [0.05, 0.1) is 10.0 Å². The SMILES string of the molecule is Clc1cc2cc-2c1Cl.OBO. The number of hydrogen-bond donors (Lipinski definition) is 2. The standard InChI is InChI=1S/C6H2Cl2.BH3O2/c7-5-2-3-1-4(3)6(5)8;2-1-3/h1-2H;1-3H. The van der Waals surface area contributed by atoms with Gasteiger partial charge in [0.1, 0.15) is 0 Å². The smallest absolute Gasteiger partial charge is 0.430 e. The molecule has 0 heterocycles. The van der Waals surface area contributed by atoms with E-state index in [9.17, 15) is 0 Å². The fourth-order valence-electron chi connectivity index (χ4n) is 0.757. The van der Waals surface area contributed by atoms with Crippen LogP contribution in [0.25, 0.3) is 11.1 Å². The molecule has 2 rings (SSSR count). The van der Waals surface area contributed by atoms with Crippen molar-refractivity contribution in [2.75, 3.05) is 0 Å². The zero-order chi connectivity index (χ0) is 8.43.